The molecule has 1 atom stereocenters. The van der Waals surface area contributed by atoms with Crippen LogP contribution in [0.5, 0.6) is 0 Å². The van der Waals surface area contributed by atoms with E-state index in [0.717, 1.165) is 37.2 Å². The summed E-state index contributed by atoms with van der Waals surface area (Å²) in [5.74, 6) is 0.214. The Morgan fingerprint density at radius 1 is 1.33 bits per heavy atom. The second kappa shape index (κ2) is 7.62. The number of likely N-dealkylation sites (tertiary alicyclic amines) is 1. The molecule has 0 radical (unpaired) electrons. The van der Waals surface area contributed by atoms with E-state index in [2.05, 4.69) is 39.4 Å². The van der Waals surface area contributed by atoms with Crippen molar-refractivity contribution in [1.82, 2.24) is 20.0 Å². The van der Waals surface area contributed by atoms with Gasteiger partial charge < -0.3 is 4.90 Å². The molecule has 0 bridgehead atoms. The van der Waals surface area contributed by atoms with Gasteiger partial charge in [-0.1, -0.05) is 36.8 Å². The normalized spacial score (nSPS) is 18.5. The lowest BCUT2D eigenvalue weighted by Gasteiger charge is -2.36. The Hall–Kier alpha value is -2.14. The maximum atomic E-state index is 13.0. The van der Waals surface area contributed by atoms with Gasteiger partial charge in [0, 0.05) is 31.4 Å². The van der Waals surface area contributed by atoms with E-state index in [-0.39, 0.29) is 11.9 Å². The van der Waals surface area contributed by atoms with E-state index in [4.69, 9.17) is 0 Å². The van der Waals surface area contributed by atoms with Gasteiger partial charge in [-0.05, 0) is 31.9 Å². The molecule has 1 aliphatic rings. The molecule has 1 aliphatic heterocycles. The van der Waals surface area contributed by atoms with Gasteiger partial charge in [0.05, 0.1) is 12.2 Å². The fourth-order valence-electron chi connectivity index (χ4n) is 3.40. The number of aryl methyl sites for hydroxylation is 1. The van der Waals surface area contributed by atoms with E-state index < -0.39 is 0 Å². The third-order valence-electron chi connectivity index (χ3n) is 4.85. The van der Waals surface area contributed by atoms with Crippen molar-refractivity contribution in [2.45, 2.75) is 45.3 Å². The van der Waals surface area contributed by atoms with E-state index in [9.17, 15) is 4.79 Å². The van der Waals surface area contributed by atoms with Crippen LogP contribution in [-0.4, -0.2) is 45.5 Å². The van der Waals surface area contributed by atoms with E-state index >= 15 is 0 Å². The molecule has 128 valence electrons. The zero-order chi connectivity index (χ0) is 16.9. The van der Waals surface area contributed by atoms with Crippen LogP contribution in [0.1, 0.15) is 36.1 Å². The Labute approximate surface area is 143 Å². The molecule has 1 saturated heterocycles. The second-order valence-electron chi connectivity index (χ2n) is 6.68. The van der Waals surface area contributed by atoms with E-state index in [1.54, 1.807) is 0 Å². The van der Waals surface area contributed by atoms with Crippen molar-refractivity contribution in [3.05, 3.63) is 53.3 Å². The first kappa shape index (κ1) is 16.7. The minimum Gasteiger partial charge on any atom is -0.340 e. The molecule has 0 unspecified atom stereocenters. The van der Waals surface area contributed by atoms with Crippen LogP contribution in [0.2, 0.25) is 0 Å². The summed E-state index contributed by atoms with van der Waals surface area (Å²) in [6.45, 7) is 4.43. The van der Waals surface area contributed by atoms with E-state index in [1.165, 1.54) is 12.0 Å². The number of hydrogen-bond donors (Lipinski definition) is 1. The minimum atomic E-state index is -0.0174. The average Bonchev–Trinajstić information content (AvgIpc) is 3.00. The third kappa shape index (κ3) is 3.85. The number of carbonyl (C=O) groups is 1. The molecule has 0 spiro atoms. The number of piperidine rings is 1. The standard InChI is InChI=1S/C19H26N4O/c1-15-17(12-20-21-15)14-22(2)19(24)18-10-6-7-11-23(18)13-16-8-4-3-5-9-16/h3-5,8-9,12,18H,6-7,10-11,13-14H2,1-2H3,(H,20,21)/t18-/m0/s1. The summed E-state index contributed by atoms with van der Waals surface area (Å²) in [5.41, 5.74) is 3.38. The number of rotatable bonds is 5. The number of H-pyrrole nitrogens is 1. The van der Waals surface area contributed by atoms with Crippen molar-refractivity contribution in [1.29, 1.82) is 0 Å². The first-order chi connectivity index (χ1) is 11.6. The Bertz CT molecular complexity index is 667. The Morgan fingerprint density at radius 3 is 2.83 bits per heavy atom. The smallest absolute Gasteiger partial charge is 0.239 e. The molecule has 1 aromatic heterocycles. The van der Waals surface area contributed by atoms with Crippen molar-refractivity contribution in [3.8, 4) is 0 Å². The fourth-order valence-corrected chi connectivity index (χ4v) is 3.40. The van der Waals surface area contributed by atoms with Crippen molar-refractivity contribution in [2.24, 2.45) is 0 Å². The van der Waals surface area contributed by atoms with Crippen LogP contribution >= 0.6 is 0 Å². The first-order valence-corrected chi connectivity index (χ1v) is 8.67. The van der Waals surface area contributed by atoms with Crippen LogP contribution in [0.4, 0.5) is 0 Å². The van der Waals surface area contributed by atoms with Gasteiger partial charge in [-0.25, -0.2) is 0 Å². The molecule has 1 amide bonds. The summed E-state index contributed by atoms with van der Waals surface area (Å²) in [6, 6.07) is 10.4. The Kier molecular flexibility index (Phi) is 5.30. The number of nitrogens with zero attached hydrogens (tertiary/aromatic N) is 3. The van der Waals surface area contributed by atoms with Crippen LogP contribution in [0.3, 0.4) is 0 Å². The summed E-state index contributed by atoms with van der Waals surface area (Å²) in [6.07, 6.45) is 5.05. The van der Waals surface area contributed by atoms with Gasteiger partial charge in [0.1, 0.15) is 0 Å². The lowest BCUT2D eigenvalue weighted by Crippen LogP contribution is -2.49. The lowest BCUT2D eigenvalue weighted by molar-refractivity contribution is -0.137. The predicted molar refractivity (Wildman–Crippen MR) is 94.3 cm³/mol. The molecule has 1 N–H and O–H groups in total. The maximum absolute atomic E-state index is 13.0. The van der Waals surface area contributed by atoms with Gasteiger partial charge >= 0.3 is 0 Å². The molecule has 3 rings (SSSR count). The Balaban J connectivity index is 1.67. The molecular weight excluding hydrogens is 300 g/mol. The molecular formula is C19H26N4O. The van der Waals surface area contributed by atoms with Crippen LogP contribution < -0.4 is 0 Å². The average molecular weight is 326 g/mol. The lowest BCUT2D eigenvalue weighted by atomic mass is 9.99. The quantitative estimate of drug-likeness (QED) is 0.919. The molecule has 1 fully saturated rings. The summed E-state index contributed by atoms with van der Waals surface area (Å²) < 4.78 is 0. The van der Waals surface area contributed by atoms with E-state index in [1.807, 2.05) is 31.1 Å². The Morgan fingerprint density at radius 2 is 2.12 bits per heavy atom. The van der Waals surface area contributed by atoms with Crippen LogP contribution in [-0.2, 0) is 17.9 Å². The monoisotopic (exact) mass is 326 g/mol. The van der Waals surface area contributed by atoms with Gasteiger partial charge in [-0.15, -0.1) is 0 Å². The highest BCUT2D eigenvalue weighted by molar-refractivity contribution is 5.81. The second-order valence-corrected chi connectivity index (χ2v) is 6.68. The predicted octanol–water partition coefficient (Wildman–Crippen LogP) is 2.73. The molecule has 2 heterocycles. The molecule has 5 heteroatoms. The number of carbonyl (C=O) groups excluding carboxylic acids is 1. The number of likely N-dealkylation sites (N-methyl/N-ethyl adjacent to an activating group) is 1. The number of hydrogen-bond acceptors (Lipinski definition) is 3. The molecule has 24 heavy (non-hydrogen) atoms. The molecule has 0 saturated carbocycles. The minimum absolute atomic E-state index is 0.0174. The number of aromatic nitrogens is 2. The summed E-state index contributed by atoms with van der Waals surface area (Å²) in [4.78, 5) is 17.2. The zero-order valence-electron chi connectivity index (χ0n) is 14.5. The van der Waals surface area contributed by atoms with Crippen LogP contribution in [0.25, 0.3) is 0 Å². The SMILES string of the molecule is Cc1[nH]ncc1CN(C)C(=O)[C@@H]1CCCCN1Cc1ccccc1. The first-order valence-electron chi connectivity index (χ1n) is 8.67. The van der Waals surface area contributed by atoms with Gasteiger partial charge in [-0.2, -0.15) is 5.10 Å². The van der Waals surface area contributed by atoms with Crippen molar-refractivity contribution in [3.63, 3.8) is 0 Å². The number of benzene rings is 1. The maximum Gasteiger partial charge on any atom is 0.239 e. The summed E-state index contributed by atoms with van der Waals surface area (Å²) in [5, 5.41) is 6.98. The third-order valence-corrected chi connectivity index (χ3v) is 4.85. The fraction of sp³-hybridized carbons (Fsp3) is 0.474. The van der Waals surface area contributed by atoms with Gasteiger partial charge in [-0.3, -0.25) is 14.8 Å². The van der Waals surface area contributed by atoms with Crippen LogP contribution in [0.15, 0.2) is 36.5 Å². The van der Waals surface area contributed by atoms with Crippen molar-refractivity contribution >= 4 is 5.91 Å². The molecule has 5 nitrogen and oxygen atoms in total. The van der Waals surface area contributed by atoms with E-state index in [0.29, 0.717) is 6.54 Å². The summed E-state index contributed by atoms with van der Waals surface area (Å²) in [7, 11) is 1.89. The molecule has 2 aromatic rings. The van der Waals surface area contributed by atoms with Crippen molar-refractivity contribution < 1.29 is 4.79 Å². The van der Waals surface area contributed by atoms with Gasteiger partial charge in [0.15, 0.2) is 0 Å². The highest BCUT2D eigenvalue weighted by atomic mass is 16.2. The van der Waals surface area contributed by atoms with Gasteiger partial charge in [0.25, 0.3) is 0 Å². The highest BCUT2D eigenvalue weighted by Gasteiger charge is 2.30. The molecule has 1 aromatic carbocycles. The topological polar surface area (TPSA) is 52.2 Å². The largest absolute Gasteiger partial charge is 0.340 e. The van der Waals surface area contributed by atoms with Crippen LogP contribution in [0, 0.1) is 6.92 Å². The summed E-state index contributed by atoms with van der Waals surface area (Å²) >= 11 is 0. The number of amides is 1. The van der Waals surface area contributed by atoms with Gasteiger partial charge in [0.2, 0.25) is 5.91 Å². The number of nitrogens with one attached hydrogen (secondary N) is 1. The number of aromatic amines is 1. The van der Waals surface area contributed by atoms with Crippen molar-refractivity contribution in [2.75, 3.05) is 13.6 Å². The molecule has 0 aliphatic carbocycles. The highest BCUT2D eigenvalue weighted by Crippen LogP contribution is 2.22. The zero-order valence-corrected chi connectivity index (χ0v) is 14.5.